The van der Waals surface area contributed by atoms with Crippen molar-refractivity contribution in [2.45, 2.75) is 19.9 Å². The summed E-state index contributed by atoms with van der Waals surface area (Å²) in [5.74, 6) is 1.13. The number of hydrogen-bond donors (Lipinski definition) is 1. The van der Waals surface area contributed by atoms with E-state index in [1.54, 1.807) is 0 Å². The van der Waals surface area contributed by atoms with Crippen molar-refractivity contribution in [3.8, 4) is 11.5 Å². The van der Waals surface area contributed by atoms with Gasteiger partial charge in [0.1, 0.15) is 6.04 Å². The van der Waals surface area contributed by atoms with E-state index in [9.17, 15) is 0 Å². The van der Waals surface area contributed by atoms with Crippen LogP contribution in [0.5, 0.6) is 0 Å². The Morgan fingerprint density at radius 3 is 2.57 bits per heavy atom. The number of benzene rings is 2. The molecular weight excluding hydrogens is 262 g/mol. The number of hydrogen-bond acceptors (Lipinski definition) is 4. The van der Waals surface area contributed by atoms with Crippen LogP contribution in [0.4, 0.5) is 5.69 Å². The summed E-state index contributed by atoms with van der Waals surface area (Å²) in [5, 5.41) is 11.6. The van der Waals surface area contributed by atoms with Gasteiger partial charge < -0.3 is 9.73 Å². The van der Waals surface area contributed by atoms with Crippen molar-refractivity contribution in [2.75, 3.05) is 5.32 Å². The standard InChI is InChI=1S/C17H17N3O/c1-12-7-6-8-14(11-12)17-20-19-16(21-17)13(2)18-15-9-4-3-5-10-15/h3-11,13,18H,1-2H3/t13-/m0/s1. The van der Waals surface area contributed by atoms with Gasteiger partial charge >= 0.3 is 0 Å². The van der Waals surface area contributed by atoms with E-state index in [-0.39, 0.29) is 6.04 Å². The Balaban J connectivity index is 1.78. The summed E-state index contributed by atoms with van der Waals surface area (Å²) in [6, 6.07) is 18.0. The SMILES string of the molecule is Cc1cccc(-c2nnc([C@H](C)Nc3ccccc3)o2)c1. The summed E-state index contributed by atoms with van der Waals surface area (Å²) < 4.78 is 5.77. The zero-order chi connectivity index (χ0) is 14.7. The Kier molecular flexibility index (Phi) is 3.69. The van der Waals surface area contributed by atoms with Crippen LogP contribution in [0.15, 0.2) is 59.0 Å². The molecule has 3 aromatic rings. The van der Waals surface area contributed by atoms with Gasteiger partial charge in [-0.05, 0) is 38.1 Å². The molecule has 4 heteroatoms. The van der Waals surface area contributed by atoms with E-state index in [0.717, 1.165) is 11.3 Å². The average Bonchev–Trinajstić information content (AvgIpc) is 2.98. The summed E-state index contributed by atoms with van der Waals surface area (Å²) >= 11 is 0. The molecule has 0 amide bonds. The summed E-state index contributed by atoms with van der Waals surface area (Å²) in [5.41, 5.74) is 3.14. The Bertz CT molecular complexity index is 722. The van der Waals surface area contributed by atoms with Gasteiger partial charge in [-0.15, -0.1) is 10.2 Å². The summed E-state index contributed by atoms with van der Waals surface area (Å²) in [4.78, 5) is 0. The maximum Gasteiger partial charge on any atom is 0.247 e. The molecule has 0 aliphatic rings. The lowest BCUT2D eigenvalue weighted by Gasteiger charge is -2.10. The molecule has 1 aromatic heterocycles. The van der Waals surface area contributed by atoms with Gasteiger partial charge in [0, 0.05) is 11.3 Å². The minimum absolute atomic E-state index is 0.0431. The minimum atomic E-state index is -0.0431. The van der Waals surface area contributed by atoms with Gasteiger partial charge in [-0.2, -0.15) is 0 Å². The maximum atomic E-state index is 5.77. The molecule has 3 rings (SSSR count). The molecule has 106 valence electrons. The van der Waals surface area contributed by atoms with Gasteiger partial charge in [-0.3, -0.25) is 0 Å². The van der Waals surface area contributed by atoms with Gasteiger partial charge in [0.15, 0.2) is 0 Å². The Labute approximate surface area is 123 Å². The first-order chi connectivity index (χ1) is 10.2. The Morgan fingerprint density at radius 1 is 1.00 bits per heavy atom. The molecule has 0 aliphatic carbocycles. The van der Waals surface area contributed by atoms with Crippen LogP contribution in [-0.2, 0) is 0 Å². The van der Waals surface area contributed by atoms with Crippen LogP contribution >= 0.6 is 0 Å². The van der Waals surface area contributed by atoms with Crippen molar-refractivity contribution in [2.24, 2.45) is 0 Å². The predicted octanol–water partition coefficient (Wildman–Crippen LogP) is 4.22. The molecule has 0 spiro atoms. The van der Waals surface area contributed by atoms with Gasteiger partial charge in [0.25, 0.3) is 0 Å². The minimum Gasteiger partial charge on any atom is -0.418 e. The lowest BCUT2D eigenvalue weighted by Crippen LogP contribution is -2.06. The molecule has 21 heavy (non-hydrogen) atoms. The van der Waals surface area contributed by atoms with Gasteiger partial charge in [-0.1, -0.05) is 35.9 Å². The number of aryl methyl sites for hydroxylation is 1. The highest BCUT2D eigenvalue weighted by atomic mass is 16.4. The lowest BCUT2D eigenvalue weighted by molar-refractivity contribution is 0.485. The summed E-state index contributed by atoms with van der Waals surface area (Å²) in [6.07, 6.45) is 0. The molecule has 1 heterocycles. The predicted molar refractivity (Wildman–Crippen MR) is 83.0 cm³/mol. The number of nitrogens with one attached hydrogen (secondary N) is 1. The first-order valence-electron chi connectivity index (χ1n) is 6.94. The third kappa shape index (κ3) is 3.11. The molecule has 0 radical (unpaired) electrons. The summed E-state index contributed by atoms with van der Waals surface area (Å²) in [7, 11) is 0. The van der Waals surface area contributed by atoms with E-state index in [1.807, 2.05) is 68.4 Å². The van der Waals surface area contributed by atoms with Crippen molar-refractivity contribution < 1.29 is 4.42 Å². The van der Waals surface area contributed by atoms with Gasteiger partial charge in [0.2, 0.25) is 11.8 Å². The smallest absolute Gasteiger partial charge is 0.247 e. The zero-order valence-corrected chi connectivity index (χ0v) is 12.1. The van der Waals surface area contributed by atoms with E-state index in [1.165, 1.54) is 5.56 Å². The van der Waals surface area contributed by atoms with Crippen LogP contribution in [0.25, 0.3) is 11.5 Å². The number of nitrogens with zero attached hydrogens (tertiary/aromatic N) is 2. The molecule has 0 bridgehead atoms. The molecule has 4 nitrogen and oxygen atoms in total. The van der Waals surface area contributed by atoms with E-state index >= 15 is 0 Å². The van der Waals surface area contributed by atoms with Crippen molar-refractivity contribution in [3.05, 3.63) is 66.1 Å². The number of para-hydroxylation sites is 1. The molecule has 0 unspecified atom stereocenters. The monoisotopic (exact) mass is 279 g/mol. The van der Waals surface area contributed by atoms with E-state index in [4.69, 9.17) is 4.42 Å². The molecule has 0 fully saturated rings. The molecule has 0 saturated heterocycles. The first kappa shape index (κ1) is 13.4. The fourth-order valence-electron chi connectivity index (χ4n) is 2.15. The topological polar surface area (TPSA) is 51.0 Å². The maximum absolute atomic E-state index is 5.77. The largest absolute Gasteiger partial charge is 0.418 e. The van der Waals surface area contributed by atoms with E-state index in [2.05, 4.69) is 15.5 Å². The van der Waals surface area contributed by atoms with Crippen LogP contribution in [0.2, 0.25) is 0 Å². The number of anilines is 1. The van der Waals surface area contributed by atoms with Crippen LogP contribution in [-0.4, -0.2) is 10.2 Å². The van der Waals surface area contributed by atoms with Gasteiger partial charge in [-0.25, -0.2) is 0 Å². The second kappa shape index (κ2) is 5.79. The Hall–Kier alpha value is -2.62. The van der Waals surface area contributed by atoms with Crippen LogP contribution in [0.1, 0.15) is 24.4 Å². The van der Waals surface area contributed by atoms with Crippen LogP contribution < -0.4 is 5.32 Å². The molecular formula is C17H17N3O. The quantitative estimate of drug-likeness (QED) is 0.777. The van der Waals surface area contributed by atoms with Gasteiger partial charge in [0.05, 0.1) is 0 Å². The number of aromatic nitrogens is 2. The van der Waals surface area contributed by atoms with Crippen molar-refractivity contribution in [1.29, 1.82) is 0 Å². The third-order valence-corrected chi connectivity index (χ3v) is 3.23. The van der Waals surface area contributed by atoms with Crippen molar-refractivity contribution in [1.82, 2.24) is 10.2 Å². The second-order valence-corrected chi connectivity index (χ2v) is 5.05. The average molecular weight is 279 g/mol. The second-order valence-electron chi connectivity index (χ2n) is 5.05. The number of rotatable bonds is 4. The highest BCUT2D eigenvalue weighted by Crippen LogP contribution is 2.23. The summed E-state index contributed by atoms with van der Waals surface area (Å²) in [6.45, 7) is 4.04. The third-order valence-electron chi connectivity index (χ3n) is 3.23. The molecule has 1 N–H and O–H groups in total. The highest BCUT2D eigenvalue weighted by molar-refractivity contribution is 5.53. The molecule has 2 aromatic carbocycles. The normalized spacial score (nSPS) is 12.1. The zero-order valence-electron chi connectivity index (χ0n) is 12.1. The first-order valence-corrected chi connectivity index (χ1v) is 6.94. The van der Waals surface area contributed by atoms with E-state index in [0.29, 0.717) is 11.8 Å². The highest BCUT2D eigenvalue weighted by Gasteiger charge is 2.14. The van der Waals surface area contributed by atoms with Crippen LogP contribution in [0.3, 0.4) is 0 Å². The Morgan fingerprint density at radius 2 is 1.81 bits per heavy atom. The molecule has 1 atom stereocenters. The lowest BCUT2D eigenvalue weighted by atomic mass is 10.1. The fraction of sp³-hybridized carbons (Fsp3) is 0.176. The molecule has 0 aliphatic heterocycles. The van der Waals surface area contributed by atoms with Crippen molar-refractivity contribution in [3.63, 3.8) is 0 Å². The van der Waals surface area contributed by atoms with E-state index < -0.39 is 0 Å². The van der Waals surface area contributed by atoms with Crippen LogP contribution in [0, 0.1) is 6.92 Å². The molecule has 0 saturated carbocycles. The van der Waals surface area contributed by atoms with Crippen molar-refractivity contribution >= 4 is 5.69 Å². The fourth-order valence-corrected chi connectivity index (χ4v) is 2.15.